The van der Waals surface area contributed by atoms with E-state index >= 15 is 0 Å². The van der Waals surface area contributed by atoms with Crippen molar-refractivity contribution in [2.75, 3.05) is 20.2 Å². The standard InChI is InChI=1S/C18H24ClNO4/c1-11-9-15(10-12(2)16(11)19)24-13(3)17(21)20-7-5-14(6-8-20)18(22)23-4/h9-10,13-14H,5-8H2,1-4H3. The lowest BCUT2D eigenvalue weighted by Crippen LogP contribution is -2.45. The summed E-state index contributed by atoms with van der Waals surface area (Å²) in [6.45, 7) is 6.66. The Kier molecular flexibility index (Phi) is 6.10. The monoisotopic (exact) mass is 353 g/mol. The minimum atomic E-state index is -0.584. The lowest BCUT2D eigenvalue weighted by molar-refractivity contribution is -0.150. The molecular formula is C18H24ClNO4. The normalized spacial score (nSPS) is 16.6. The van der Waals surface area contributed by atoms with Crippen LogP contribution < -0.4 is 4.74 Å². The third-order valence-electron chi connectivity index (χ3n) is 4.41. The Balaban J connectivity index is 1.95. The summed E-state index contributed by atoms with van der Waals surface area (Å²) in [4.78, 5) is 25.8. The van der Waals surface area contributed by atoms with Gasteiger partial charge in [0.15, 0.2) is 6.10 Å². The van der Waals surface area contributed by atoms with Gasteiger partial charge in [0.1, 0.15) is 5.75 Å². The molecule has 132 valence electrons. The number of piperidine rings is 1. The van der Waals surface area contributed by atoms with Gasteiger partial charge in [-0.25, -0.2) is 0 Å². The number of carbonyl (C=O) groups excluding carboxylic acids is 2. The molecule has 0 N–H and O–H groups in total. The zero-order valence-electron chi connectivity index (χ0n) is 14.6. The quantitative estimate of drug-likeness (QED) is 0.780. The molecular weight excluding hydrogens is 330 g/mol. The van der Waals surface area contributed by atoms with Crippen LogP contribution in [0.15, 0.2) is 12.1 Å². The van der Waals surface area contributed by atoms with E-state index in [9.17, 15) is 9.59 Å². The highest BCUT2D eigenvalue weighted by molar-refractivity contribution is 6.32. The third kappa shape index (κ3) is 4.20. The first-order valence-electron chi connectivity index (χ1n) is 8.13. The minimum absolute atomic E-state index is 0.0661. The second kappa shape index (κ2) is 7.88. The summed E-state index contributed by atoms with van der Waals surface area (Å²) in [7, 11) is 1.39. The molecule has 1 aliphatic heterocycles. The number of aryl methyl sites for hydroxylation is 2. The van der Waals surface area contributed by atoms with E-state index in [1.807, 2.05) is 26.0 Å². The third-order valence-corrected chi connectivity index (χ3v) is 5.01. The summed E-state index contributed by atoms with van der Waals surface area (Å²) < 4.78 is 10.6. The Morgan fingerprint density at radius 2 is 1.75 bits per heavy atom. The largest absolute Gasteiger partial charge is 0.481 e. The number of likely N-dealkylation sites (tertiary alicyclic amines) is 1. The zero-order chi connectivity index (χ0) is 17.9. The van der Waals surface area contributed by atoms with Crippen molar-refractivity contribution in [1.29, 1.82) is 0 Å². The van der Waals surface area contributed by atoms with Gasteiger partial charge in [-0.2, -0.15) is 0 Å². The number of hydrogen-bond acceptors (Lipinski definition) is 4. The summed E-state index contributed by atoms with van der Waals surface area (Å²) >= 11 is 6.15. The molecule has 0 aliphatic carbocycles. The smallest absolute Gasteiger partial charge is 0.308 e. The van der Waals surface area contributed by atoms with Crippen LogP contribution in [0.25, 0.3) is 0 Å². The van der Waals surface area contributed by atoms with Gasteiger partial charge in [0.05, 0.1) is 13.0 Å². The number of benzene rings is 1. The van der Waals surface area contributed by atoms with Crippen LogP contribution >= 0.6 is 11.6 Å². The van der Waals surface area contributed by atoms with Crippen molar-refractivity contribution in [2.24, 2.45) is 5.92 Å². The van der Waals surface area contributed by atoms with Gasteiger partial charge in [0.25, 0.3) is 5.91 Å². The number of hydrogen-bond donors (Lipinski definition) is 0. The molecule has 1 saturated heterocycles. The van der Waals surface area contributed by atoms with Gasteiger partial charge < -0.3 is 14.4 Å². The highest BCUT2D eigenvalue weighted by Gasteiger charge is 2.30. The molecule has 1 aromatic carbocycles. The molecule has 5 nitrogen and oxygen atoms in total. The van der Waals surface area contributed by atoms with Crippen LogP contribution in [-0.2, 0) is 14.3 Å². The average molecular weight is 354 g/mol. The number of carbonyl (C=O) groups is 2. The first-order chi connectivity index (χ1) is 11.3. The maximum atomic E-state index is 12.5. The van der Waals surface area contributed by atoms with Gasteiger partial charge in [-0.05, 0) is 56.9 Å². The molecule has 0 spiro atoms. The molecule has 0 bridgehead atoms. The van der Waals surface area contributed by atoms with Crippen LogP contribution in [0.1, 0.15) is 30.9 Å². The Labute approximate surface area is 147 Å². The summed E-state index contributed by atoms with van der Waals surface area (Å²) in [5.74, 6) is 0.263. The van der Waals surface area contributed by atoms with Crippen LogP contribution in [0.2, 0.25) is 5.02 Å². The van der Waals surface area contributed by atoms with Crippen molar-refractivity contribution in [3.8, 4) is 5.75 Å². The van der Waals surface area contributed by atoms with E-state index in [-0.39, 0.29) is 17.8 Å². The maximum Gasteiger partial charge on any atom is 0.308 e. The van der Waals surface area contributed by atoms with E-state index in [0.29, 0.717) is 36.7 Å². The van der Waals surface area contributed by atoms with Crippen molar-refractivity contribution in [3.63, 3.8) is 0 Å². The summed E-state index contributed by atoms with van der Waals surface area (Å²) in [5.41, 5.74) is 1.84. The Hall–Kier alpha value is -1.75. The average Bonchev–Trinajstić information content (AvgIpc) is 2.58. The van der Waals surface area contributed by atoms with E-state index in [4.69, 9.17) is 21.1 Å². The van der Waals surface area contributed by atoms with Crippen LogP contribution in [0, 0.1) is 19.8 Å². The molecule has 1 unspecified atom stereocenters. The predicted octanol–water partition coefficient (Wildman–Crippen LogP) is 3.14. The topological polar surface area (TPSA) is 55.8 Å². The molecule has 1 aromatic rings. The Morgan fingerprint density at radius 1 is 1.21 bits per heavy atom. The van der Waals surface area contributed by atoms with Crippen molar-refractivity contribution in [1.82, 2.24) is 4.90 Å². The predicted molar refractivity (Wildman–Crippen MR) is 92.3 cm³/mol. The van der Waals surface area contributed by atoms with E-state index in [2.05, 4.69) is 0 Å². The molecule has 1 heterocycles. The lowest BCUT2D eigenvalue weighted by Gasteiger charge is -2.32. The van der Waals surface area contributed by atoms with Crippen molar-refractivity contribution < 1.29 is 19.1 Å². The Morgan fingerprint density at radius 3 is 2.25 bits per heavy atom. The highest BCUT2D eigenvalue weighted by Crippen LogP contribution is 2.27. The van der Waals surface area contributed by atoms with Gasteiger partial charge in [-0.3, -0.25) is 9.59 Å². The minimum Gasteiger partial charge on any atom is -0.481 e. The number of nitrogens with zero attached hydrogens (tertiary/aromatic N) is 1. The molecule has 0 radical (unpaired) electrons. The second-order valence-corrected chi connectivity index (χ2v) is 6.63. The number of halogens is 1. The van der Waals surface area contributed by atoms with E-state index in [1.165, 1.54) is 7.11 Å². The number of rotatable bonds is 4. The molecule has 1 atom stereocenters. The second-order valence-electron chi connectivity index (χ2n) is 6.25. The maximum absolute atomic E-state index is 12.5. The number of ether oxygens (including phenoxy) is 2. The van der Waals surface area contributed by atoms with Gasteiger partial charge >= 0.3 is 5.97 Å². The summed E-state index contributed by atoms with van der Waals surface area (Å²) in [6, 6.07) is 3.67. The summed E-state index contributed by atoms with van der Waals surface area (Å²) in [6.07, 6.45) is 0.675. The molecule has 6 heteroatoms. The van der Waals surface area contributed by atoms with Crippen molar-refractivity contribution in [3.05, 3.63) is 28.3 Å². The fourth-order valence-corrected chi connectivity index (χ4v) is 3.10. The number of esters is 1. The van der Waals surface area contributed by atoms with E-state index < -0.39 is 6.10 Å². The molecule has 0 saturated carbocycles. The Bertz CT molecular complexity index is 600. The van der Waals surface area contributed by atoms with Gasteiger partial charge in [-0.1, -0.05) is 11.6 Å². The molecule has 1 aliphatic rings. The lowest BCUT2D eigenvalue weighted by atomic mass is 9.97. The molecule has 24 heavy (non-hydrogen) atoms. The van der Waals surface area contributed by atoms with Gasteiger partial charge in [0, 0.05) is 18.1 Å². The fraction of sp³-hybridized carbons (Fsp3) is 0.556. The van der Waals surface area contributed by atoms with Crippen LogP contribution in [0.5, 0.6) is 5.75 Å². The van der Waals surface area contributed by atoms with Crippen LogP contribution in [0.4, 0.5) is 0 Å². The summed E-state index contributed by atoms with van der Waals surface area (Å²) in [5, 5.41) is 0.714. The van der Waals surface area contributed by atoms with Crippen molar-refractivity contribution in [2.45, 2.75) is 39.7 Å². The first kappa shape index (κ1) is 18.6. The van der Waals surface area contributed by atoms with E-state index in [0.717, 1.165) is 11.1 Å². The number of amides is 1. The van der Waals surface area contributed by atoms with Crippen LogP contribution in [0.3, 0.4) is 0 Å². The van der Waals surface area contributed by atoms with Crippen LogP contribution in [-0.4, -0.2) is 43.1 Å². The SMILES string of the molecule is COC(=O)C1CCN(C(=O)C(C)Oc2cc(C)c(Cl)c(C)c2)CC1. The molecule has 1 fully saturated rings. The molecule has 2 rings (SSSR count). The first-order valence-corrected chi connectivity index (χ1v) is 8.51. The number of methoxy groups -OCH3 is 1. The van der Waals surface area contributed by atoms with Gasteiger partial charge in [-0.15, -0.1) is 0 Å². The molecule has 1 amide bonds. The fourth-order valence-electron chi connectivity index (χ4n) is 2.99. The molecule has 0 aromatic heterocycles. The van der Waals surface area contributed by atoms with E-state index in [1.54, 1.807) is 11.8 Å². The van der Waals surface area contributed by atoms with Gasteiger partial charge in [0.2, 0.25) is 0 Å². The zero-order valence-corrected chi connectivity index (χ0v) is 15.4. The highest BCUT2D eigenvalue weighted by atomic mass is 35.5. The van der Waals surface area contributed by atoms with Crippen molar-refractivity contribution >= 4 is 23.5 Å².